The molecule has 3 heteroatoms. The summed E-state index contributed by atoms with van der Waals surface area (Å²) in [5.41, 5.74) is 4.81. The number of rotatable bonds is 2. The zero-order valence-electron chi connectivity index (χ0n) is 11.0. The van der Waals surface area contributed by atoms with E-state index in [1.165, 1.54) is 22.2 Å². The number of nitrogens with zero attached hydrogens (tertiary/aromatic N) is 2. The van der Waals surface area contributed by atoms with Crippen molar-refractivity contribution in [3.05, 3.63) is 64.6 Å². The van der Waals surface area contributed by atoms with Crippen molar-refractivity contribution in [3.63, 3.8) is 0 Å². The van der Waals surface area contributed by atoms with Crippen molar-refractivity contribution < 1.29 is 0 Å². The van der Waals surface area contributed by atoms with Crippen molar-refractivity contribution >= 4 is 22.5 Å². The first kappa shape index (κ1) is 12.2. The van der Waals surface area contributed by atoms with E-state index in [2.05, 4.69) is 47.7 Å². The number of pyridine rings is 1. The summed E-state index contributed by atoms with van der Waals surface area (Å²) in [6.45, 7) is 5.09. The molecule has 0 unspecified atom stereocenters. The molecule has 0 aliphatic rings. The predicted molar refractivity (Wildman–Crippen MR) is 79.8 cm³/mol. The number of benzene rings is 1. The van der Waals surface area contributed by atoms with Crippen LogP contribution >= 0.6 is 11.6 Å². The summed E-state index contributed by atoms with van der Waals surface area (Å²) >= 11 is 6.28. The van der Waals surface area contributed by atoms with Gasteiger partial charge in [0.15, 0.2) is 5.15 Å². The Kier molecular flexibility index (Phi) is 3.03. The second-order valence-electron chi connectivity index (χ2n) is 4.78. The van der Waals surface area contributed by atoms with Gasteiger partial charge in [-0.3, -0.25) is 0 Å². The minimum Gasteiger partial charge on any atom is -0.338 e. The quantitative estimate of drug-likeness (QED) is 0.633. The predicted octanol–water partition coefficient (Wildman–Crippen LogP) is 4.35. The lowest BCUT2D eigenvalue weighted by molar-refractivity contribution is 0.799. The molecule has 19 heavy (non-hydrogen) atoms. The van der Waals surface area contributed by atoms with Gasteiger partial charge in [-0.25, -0.2) is 4.98 Å². The molecule has 0 amide bonds. The molecular formula is C16H15ClN2. The molecule has 0 bridgehead atoms. The van der Waals surface area contributed by atoms with Crippen LogP contribution in [0.3, 0.4) is 0 Å². The van der Waals surface area contributed by atoms with Crippen LogP contribution in [0, 0.1) is 13.8 Å². The Bertz CT molecular complexity index is 729. The van der Waals surface area contributed by atoms with Crippen molar-refractivity contribution in [2.75, 3.05) is 0 Å². The van der Waals surface area contributed by atoms with Crippen LogP contribution in [0.2, 0.25) is 5.15 Å². The highest BCUT2D eigenvalue weighted by molar-refractivity contribution is 6.34. The molecule has 2 nitrogen and oxygen atoms in total. The van der Waals surface area contributed by atoms with Crippen molar-refractivity contribution in [2.24, 2.45) is 0 Å². The summed E-state index contributed by atoms with van der Waals surface area (Å²) in [4.78, 5) is 4.21. The topological polar surface area (TPSA) is 17.8 Å². The summed E-state index contributed by atoms with van der Waals surface area (Å²) in [5, 5.41) is 1.76. The van der Waals surface area contributed by atoms with Gasteiger partial charge in [0.05, 0.1) is 5.52 Å². The van der Waals surface area contributed by atoms with Gasteiger partial charge in [0.1, 0.15) is 0 Å². The standard InChI is InChI=1S/C16H15ClN2/c1-11-12(2)19(10-13-6-4-3-5-7-13)15-14(11)8-9-18-16(15)17/h3-9H,10H2,1-2H3. The van der Waals surface area contributed by atoms with E-state index < -0.39 is 0 Å². The highest BCUT2D eigenvalue weighted by atomic mass is 35.5. The normalized spacial score (nSPS) is 11.1. The van der Waals surface area contributed by atoms with Crippen molar-refractivity contribution in [2.45, 2.75) is 20.4 Å². The number of hydrogen-bond acceptors (Lipinski definition) is 1. The summed E-state index contributed by atoms with van der Waals surface area (Å²) in [6.07, 6.45) is 1.77. The third kappa shape index (κ3) is 2.02. The Morgan fingerprint density at radius 2 is 1.84 bits per heavy atom. The van der Waals surface area contributed by atoms with Crippen LogP contribution in [0.4, 0.5) is 0 Å². The van der Waals surface area contributed by atoms with Crippen LogP contribution < -0.4 is 0 Å². The Labute approximate surface area is 117 Å². The average Bonchev–Trinajstić information content (AvgIpc) is 2.67. The monoisotopic (exact) mass is 270 g/mol. The van der Waals surface area contributed by atoms with Crippen LogP contribution in [-0.4, -0.2) is 9.55 Å². The van der Waals surface area contributed by atoms with Gasteiger partial charge in [-0.15, -0.1) is 0 Å². The molecule has 0 spiro atoms. The average molecular weight is 271 g/mol. The molecule has 0 aliphatic carbocycles. The summed E-state index contributed by atoms with van der Waals surface area (Å²) < 4.78 is 2.25. The maximum atomic E-state index is 6.28. The molecule has 3 rings (SSSR count). The second kappa shape index (κ2) is 4.71. The number of hydrogen-bond donors (Lipinski definition) is 0. The fourth-order valence-electron chi connectivity index (χ4n) is 2.52. The zero-order valence-corrected chi connectivity index (χ0v) is 11.8. The number of aromatic nitrogens is 2. The van der Waals surface area contributed by atoms with E-state index in [-0.39, 0.29) is 0 Å². The third-order valence-electron chi connectivity index (χ3n) is 3.68. The van der Waals surface area contributed by atoms with Gasteiger partial charge < -0.3 is 4.57 Å². The fraction of sp³-hybridized carbons (Fsp3) is 0.188. The lowest BCUT2D eigenvalue weighted by atomic mass is 10.2. The first-order valence-corrected chi connectivity index (χ1v) is 6.70. The van der Waals surface area contributed by atoms with Gasteiger partial charge in [-0.05, 0) is 31.0 Å². The third-order valence-corrected chi connectivity index (χ3v) is 3.96. The largest absolute Gasteiger partial charge is 0.338 e. The number of halogens is 1. The lowest BCUT2D eigenvalue weighted by Crippen LogP contribution is -2.02. The minimum atomic E-state index is 0.574. The number of fused-ring (bicyclic) bond motifs is 1. The molecule has 2 aromatic heterocycles. The maximum Gasteiger partial charge on any atom is 0.153 e. The van der Waals surface area contributed by atoms with E-state index >= 15 is 0 Å². The van der Waals surface area contributed by atoms with Crippen molar-refractivity contribution in [3.8, 4) is 0 Å². The van der Waals surface area contributed by atoms with Crippen LogP contribution in [0.5, 0.6) is 0 Å². The van der Waals surface area contributed by atoms with E-state index in [0.29, 0.717) is 5.15 Å². The van der Waals surface area contributed by atoms with Crippen LogP contribution in [-0.2, 0) is 6.54 Å². The van der Waals surface area contributed by atoms with Gasteiger partial charge in [-0.2, -0.15) is 0 Å². The summed E-state index contributed by atoms with van der Waals surface area (Å²) in [6, 6.07) is 12.4. The molecule has 3 aromatic rings. The van der Waals surface area contributed by atoms with Crippen molar-refractivity contribution in [1.29, 1.82) is 0 Å². The van der Waals surface area contributed by atoms with E-state index in [1.807, 2.05) is 12.1 Å². The molecular weight excluding hydrogens is 256 g/mol. The fourth-order valence-corrected chi connectivity index (χ4v) is 2.78. The Morgan fingerprint density at radius 3 is 2.58 bits per heavy atom. The van der Waals surface area contributed by atoms with Gasteiger partial charge >= 0.3 is 0 Å². The van der Waals surface area contributed by atoms with Crippen LogP contribution in [0.15, 0.2) is 42.6 Å². The molecule has 0 saturated carbocycles. The number of aryl methyl sites for hydroxylation is 1. The molecule has 96 valence electrons. The molecule has 0 saturated heterocycles. The Balaban J connectivity index is 2.21. The molecule has 0 N–H and O–H groups in total. The molecule has 0 radical (unpaired) electrons. The van der Waals surface area contributed by atoms with Gasteiger partial charge in [-0.1, -0.05) is 41.9 Å². The zero-order chi connectivity index (χ0) is 13.4. The van der Waals surface area contributed by atoms with E-state index in [0.717, 1.165) is 12.1 Å². The molecule has 0 atom stereocenters. The Hall–Kier alpha value is -1.80. The maximum absolute atomic E-state index is 6.28. The second-order valence-corrected chi connectivity index (χ2v) is 5.14. The van der Waals surface area contributed by atoms with Crippen LogP contribution in [0.25, 0.3) is 10.9 Å². The summed E-state index contributed by atoms with van der Waals surface area (Å²) in [7, 11) is 0. The molecule has 0 fully saturated rings. The van der Waals surface area contributed by atoms with E-state index in [4.69, 9.17) is 11.6 Å². The smallest absolute Gasteiger partial charge is 0.153 e. The van der Waals surface area contributed by atoms with E-state index in [9.17, 15) is 0 Å². The minimum absolute atomic E-state index is 0.574. The van der Waals surface area contributed by atoms with Crippen molar-refractivity contribution in [1.82, 2.24) is 9.55 Å². The highest BCUT2D eigenvalue weighted by Crippen LogP contribution is 2.29. The molecule has 2 heterocycles. The van der Waals surface area contributed by atoms with Gasteiger partial charge in [0, 0.05) is 23.8 Å². The molecule has 0 aliphatic heterocycles. The van der Waals surface area contributed by atoms with E-state index in [1.54, 1.807) is 6.20 Å². The SMILES string of the molecule is Cc1c(C)n(Cc2ccccc2)c2c(Cl)nccc12. The Morgan fingerprint density at radius 1 is 1.11 bits per heavy atom. The van der Waals surface area contributed by atoms with Gasteiger partial charge in [0.2, 0.25) is 0 Å². The lowest BCUT2D eigenvalue weighted by Gasteiger charge is -2.09. The molecule has 1 aromatic carbocycles. The van der Waals surface area contributed by atoms with Gasteiger partial charge in [0.25, 0.3) is 0 Å². The first-order chi connectivity index (χ1) is 9.18. The highest BCUT2D eigenvalue weighted by Gasteiger charge is 2.14. The first-order valence-electron chi connectivity index (χ1n) is 6.32. The van der Waals surface area contributed by atoms with Crippen LogP contribution in [0.1, 0.15) is 16.8 Å². The summed E-state index contributed by atoms with van der Waals surface area (Å²) in [5.74, 6) is 0.